The third-order valence-corrected chi connectivity index (χ3v) is 14.6. The third kappa shape index (κ3) is 11.5. The summed E-state index contributed by atoms with van der Waals surface area (Å²) in [6.07, 6.45) is 25.5. The molecular formula is C45H81N3O3. The van der Waals surface area contributed by atoms with E-state index in [9.17, 15) is 9.59 Å². The van der Waals surface area contributed by atoms with E-state index in [1.54, 1.807) is 5.57 Å². The Labute approximate surface area is 314 Å². The molecule has 3 saturated carbocycles. The van der Waals surface area contributed by atoms with E-state index < -0.39 is 0 Å². The summed E-state index contributed by atoms with van der Waals surface area (Å²) in [5.41, 5.74) is 14.2. The first-order valence-electron chi connectivity index (χ1n) is 21.9. The lowest BCUT2D eigenvalue weighted by molar-refractivity contribution is -0.151. The molecule has 0 bridgehead atoms. The first kappa shape index (κ1) is 42.3. The van der Waals surface area contributed by atoms with Gasteiger partial charge in [-0.05, 0) is 131 Å². The lowest BCUT2D eigenvalue weighted by atomic mass is 9.47. The van der Waals surface area contributed by atoms with Crippen LogP contribution >= 0.6 is 0 Å². The molecule has 10 atom stereocenters. The summed E-state index contributed by atoms with van der Waals surface area (Å²) in [7, 11) is 0. The zero-order valence-electron chi connectivity index (χ0n) is 34.4. The molecule has 4 aliphatic carbocycles. The van der Waals surface area contributed by atoms with Gasteiger partial charge in [-0.3, -0.25) is 9.59 Å². The highest BCUT2D eigenvalue weighted by atomic mass is 16.5. The predicted octanol–water partition coefficient (Wildman–Crippen LogP) is 10.4. The van der Waals surface area contributed by atoms with Crippen LogP contribution in [-0.2, 0) is 14.3 Å². The van der Waals surface area contributed by atoms with Gasteiger partial charge in [0.2, 0.25) is 5.91 Å². The second kappa shape index (κ2) is 19.8. The SMILES string of the molecule is CC(C)CCCC(C)[C@H]1CC[C@H]2[C@@H]3CC=C4C[C@@H](OC(=O)CCCC(=O)N(CCCCCCCC(C)N)CCC(C)N)CC[C@]4(C)[C@H]3CC[C@]12C. The number of unbranched alkanes of at least 4 members (excludes halogenated alkanes) is 4. The second-order valence-electron chi connectivity index (χ2n) is 19.2. The van der Waals surface area contributed by atoms with Crippen molar-refractivity contribution in [2.45, 2.75) is 201 Å². The van der Waals surface area contributed by atoms with Crippen LogP contribution in [0.15, 0.2) is 11.6 Å². The van der Waals surface area contributed by atoms with Crippen molar-refractivity contribution < 1.29 is 14.3 Å². The summed E-state index contributed by atoms with van der Waals surface area (Å²) in [6.45, 7) is 18.1. The smallest absolute Gasteiger partial charge is 0.306 e. The van der Waals surface area contributed by atoms with Crippen LogP contribution in [0.25, 0.3) is 0 Å². The fourth-order valence-electron chi connectivity index (χ4n) is 11.6. The van der Waals surface area contributed by atoms with Crippen molar-refractivity contribution in [2.75, 3.05) is 13.1 Å². The molecule has 3 unspecified atom stereocenters. The van der Waals surface area contributed by atoms with Crippen molar-refractivity contribution >= 4 is 11.9 Å². The largest absolute Gasteiger partial charge is 0.462 e. The summed E-state index contributed by atoms with van der Waals surface area (Å²) in [4.78, 5) is 28.2. The normalized spacial score (nSPS) is 32.0. The van der Waals surface area contributed by atoms with Gasteiger partial charge in [0, 0.05) is 44.4 Å². The Balaban J connectivity index is 1.22. The zero-order chi connectivity index (χ0) is 37.2. The lowest BCUT2D eigenvalue weighted by Crippen LogP contribution is -2.51. The Hall–Kier alpha value is -1.40. The maximum Gasteiger partial charge on any atom is 0.306 e. The fourth-order valence-corrected chi connectivity index (χ4v) is 11.6. The lowest BCUT2D eigenvalue weighted by Gasteiger charge is -2.58. The maximum absolute atomic E-state index is 13.2. The van der Waals surface area contributed by atoms with Crippen LogP contribution in [0, 0.1) is 46.3 Å². The molecule has 4 N–H and O–H groups in total. The van der Waals surface area contributed by atoms with Gasteiger partial charge in [-0.15, -0.1) is 0 Å². The van der Waals surface area contributed by atoms with E-state index in [4.69, 9.17) is 16.2 Å². The van der Waals surface area contributed by atoms with Crippen LogP contribution in [0.1, 0.15) is 183 Å². The summed E-state index contributed by atoms with van der Waals surface area (Å²) in [6, 6.07) is 0.351. The van der Waals surface area contributed by atoms with Gasteiger partial charge in [-0.1, -0.05) is 91.2 Å². The highest BCUT2D eigenvalue weighted by molar-refractivity contribution is 5.77. The molecule has 1 amide bonds. The number of esters is 1. The monoisotopic (exact) mass is 712 g/mol. The number of amides is 1. The number of carbonyl (C=O) groups excluding carboxylic acids is 2. The van der Waals surface area contributed by atoms with Gasteiger partial charge in [0.15, 0.2) is 0 Å². The van der Waals surface area contributed by atoms with Crippen LogP contribution in [0.4, 0.5) is 0 Å². The van der Waals surface area contributed by atoms with E-state index in [1.807, 2.05) is 11.8 Å². The Kier molecular flexibility index (Phi) is 16.4. The molecule has 4 rings (SSSR count). The molecule has 0 radical (unpaired) electrons. The van der Waals surface area contributed by atoms with E-state index in [0.29, 0.717) is 31.2 Å². The molecule has 0 aromatic carbocycles. The first-order valence-corrected chi connectivity index (χ1v) is 21.9. The topological polar surface area (TPSA) is 98.7 Å². The highest BCUT2D eigenvalue weighted by Gasteiger charge is 2.59. The van der Waals surface area contributed by atoms with Gasteiger partial charge < -0.3 is 21.1 Å². The molecule has 294 valence electrons. The summed E-state index contributed by atoms with van der Waals surface area (Å²) < 4.78 is 6.11. The van der Waals surface area contributed by atoms with E-state index >= 15 is 0 Å². The van der Waals surface area contributed by atoms with E-state index in [2.05, 4.69) is 47.6 Å². The van der Waals surface area contributed by atoms with Crippen molar-refractivity contribution in [3.05, 3.63) is 11.6 Å². The Morgan fingerprint density at radius 3 is 2.24 bits per heavy atom. The van der Waals surface area contributed by atoms with Crippen LogP contribution in [0.2, 0.25) is 0 Å². The quantitative estimate of drug-likeness (QED) is 0.0702. The summed E-state index contributed by atoms with van der Waals surface area (Å²) >= 11 is 0. The number of ether oxygens (including phenoxy) is 1. The minimum atomic E-state index is -0.132. The molecule has 6 heteroatoms. The number of allylic oxidation sites excluding steroid dienone is 1. The minimum absolute atomic E-state index is 0.0175. The zero-order valence-corrected chi connectivity index (χ0v) is 34.4. The molecule has 51 heavy (non-hydrogen) atoms. The van der Waals surface area contributed by atoms with Gasteiger partial charge >= 0.3 is 5.97 Å². The van der Waals surface area contributed by atoms with Crippen molar-refractivity contribution in [3.8, 4) is 0 Å². The van der Waals surface area contributed by atoms with Crippen LogP contribution < -0.4 is 11.5 Å². The molecule has 3 fully saturated rings. The maximum atomic E-state index is 13.2. The molecule has 6 nitrogen and oxygen atoms in total. The van der Waals surface area contributed by atoms with Crippen LogP contribution in [0.3, 0.4) is 0 Å². The molecule has 4 aliphatic rings. The van der Waals surface area contributed by atoms with E-state index in [-0.39, 0.29) is 35.5 Å². The Morgan fingerprint density at radius 2 is 1.51 bits per heavy atom. The fraction of sp³-hybridized carbons (Fsp3) is 0.911. The molecule has 0 spiro atoms. The minimum Gasteiger partial charge on any atom is -0.462 e. The van der Waals surface area contributed by atoms with Gasteiger partial charge in [-0.25, -0.2) is 0 Å². The Bertz CT molecular complexity index is 1120. The number of fused-ring (bicyclic) bond motifs is 5. The van der Waals surface area contributed by atoms with Gasteiger partial charge in [-0.2, -0.15) is 0 Å². The molecule has 0 aromatic rings. The van der Waals surface area contributed by atoms with Gasteiger partial charge in [0.05, 0.1) is 0 Å². The standard InChI is InChI=1S/C45H81N3O3/c1-32(2)15-13-16-33(3)39-22-23-40-38-21-20-36-31-37(24-27-44(36,6)41(38)25-28-45(39,40)7)51-43(50)19-14-18-42(49)48(30-26-35(5)47)29-12-10-8-9-11-17-34(4)46/h20,32-35,37-41H,8-19,21-31,46-47H2,1-7H3/t33?,34?,35?,37-,38-,39+,40-,41-,44-,45+/m0/s1. The van der Waals surface area contributed by atoms with Crippen molar-refractivity contribution in [1.82, 2.24) is 4.90 Å². The number of nitrogens with zero attached hydrogens (tertiary/aromatic N) is 1. The predicted molar refractivity (Wildman–Crippen MR) is 213 cm³/mol. The average molecular weight is 712 g/mol. The molecule has 0 heterocycles. The number of rotatable bonds is 21. The molecule has 0 aromatic heterocycles. The van der Waals surface area contributed by atoms with Gasteiger partial charge in [0.1, 0.15) is 6.10 Å². The van der Waals surface area contributed by atoms with Crippen molar-refractivity contribution in [1.29, 1.82) is 0 Å². The number of hydrogen-bond acceptors (Lipinski definition) is 5. The first-order chi connectivity index (χ1) is 24.2. The summed E-state index contributed by atoms with van der Waals surface area (Å²) in [5.74, 6) is 5.03. The highest BCUT2D eigenvalue weighted by Crippen LogP contribution is 2.67. The number of nitrogens with two attached hydrogens (primary N) is 2. The molecular weight excluding hydrogens is 631 g/mol. The van der Waals surface area contributed by atoms with Crippen molar-refractivity contribution in [3.63, 3.8) is 0 Å². The number of hydrogen-bond donors (Lipinski definition) is 2. The van der Waals surface area contributed by atoms with Crippen LogP contribution in [-0.4, -0.2) is 48.1 Å². The molecule has 0 saturated heterocycles. The van der Waals surface area contributed by atoms with Gasteiger partial charge in [0.25, 0.3) is 0 Å². The van der Waals surface area contributed by atoms with Crippen molar-refractivity contribution in [2.24, 2.45) is 57.8 Å². The summed E-state index contributed by atoms with van der Waals surface area (Å²) in [5, 5.41) is 0. The third-order valence-electron chi connectivity index (χ3n) is 14.6. The second-order valence-corrected chi connectivity index (χ2v) is 19.2. The molecule has 0 aliphatic heterocycles. The average Bonchev–Trinajstić information content (AvgIpc) is 3.42. The van der Waals surface area contributed by atoms with E-state index in [1.165, 1.54) is 70.6 Å². The van der Waals surface area contributed by atoms with Crippen LogP contribution in [0.5, 0.6) is 0 Å². The number of carbonyl (C=O) groups is 2. The van der Waals surface area contributed by atoms with E-state index in [0.717, 1.165) is 87.0 Å². The Morgan fingerprint density at radius 1 is 0.784 bits per heavy atom.